The van der Waals surface area contributed by atoms with E-state index in [9.17, 15) is 33.4 Å². The Morgan fingerprint density at radius 3 is 2.61 bits per heavy atom. The van der Waals surface area contributed by atoms with Crippen LogP contribution in [0.25, 0.3) is 0 Å². The van der Waals surface area contributed by atoms with Gasteiger partial charge in [0.25, 0.3) is 5.91 Å². The Balaban J connectivity index is 1.31. The van der Waals surface area contributed by atoms with E-state index in [1.807, 2.05) is 0 Å². The van der Waals surface area contributed by atoms with Crippen molar-refractivity contribution in [3.8, 4) is 11.5 Å². The highest BCUT2D eigenvalue weighted by molar-refractivity contribution is 6.02. The maximum Gasteiger partial charge on any atom is 0.586 e. The monoisotopic (exact) mass is 536 g/mol. The molecule has 1 aromatic carbocycles. The number of benzene rings is 1. The molecule has 2 fully saturated rings. The van der Waals surface area contributed by atoms with Crippen LogP contribution in [0.5, 0.6) is 11.5 Å². The molecular formula is C21H22F2N8O7. The van der Waals surface area contributed by atoms with Crippen molar-refractivity contribution in [3.63, 3.8) is 0 Å². The molecule has 3 amide bonds. The first-order chi connectivity index (χ1) is 17.8. The van der Waals surface area contributed by atoms with E-state index in [4.69, 9.17) is 11.5 Å². The predicted octanol–water partition coefficient (Wildman–Crippen LogP) is -3.07. The van der Waals surface area contributed by atoms with Gasteiger partial charge in [-0.05, 0) is 12.1 Å². The number of hydrogen-bond donors (Lipinski definition) is 6. The predicted molar refractivity (Wildman–Crippen MR) is 120 cm³/mol. The van der Waals surface area contributed by atoms with Crippen LogP contribution in [0.1, 0.15) is 23.2 Å². The summed E-state index contributed by atoms with van der Waals surface area (Å²) in [6.45, 7) is -0.539. The Morgan fingerprint density at radius 1 is 1.18 bits per heavy atom. The van der Waals surface area contributed by atoms with Crippen LogP contribution in [0.2, 0.25) is 0 Å². The molecule has 2 saturated heterocycles. The highest BCUT2D eigenvalue weighted by Gasteiger charge is 2.73. The average molecular weight is 536 g/mol. The number of nitrogens with zero attached hydrogens (tertiary/aromatic N) is 4. The molecule has 1 spiro atoms. The number of rotatable bonds is 4. The SMILES string of the molecule is NC1=N[C@H]2[C@H](CN3C(=O)CCC3=O)N=C(N)N3C[C@H](NC(=O)c4cccc5c4OC(F)(F)O5)C(O)(O)[C@]23N1. The average Bonchev–Trinajstić information content (AvgIpc) is 3.52. The van der Waals surface area contributed by atoms with Crippen molar-refractivity contribution >= 4 is 29.6 Å². The number of alkyl halides is 2. The zero-order valence-corrected chi connectivity index (χ0v) is 19.4. The van der Waals surface area contributed by atoms with Crippen LogP contribution in [0.15, 0.2) is 28.2 Å². The second-order valence-corrected chi connectivity index (χ2v) is 9.47. The third kappa shape index (κ3) is 3.21. The number of aliphatic hydroxyl groups is 2. The molecule has 5 aliphatic rings. The first kappa shape index (κ1) is 24.1. The van der Waals surface area contributed by atoms with Crippen LogP contribution < -0.4 is 31.6 Å². The fraction of sp³-hybridized carbons (Fsp3) is 0.476. The number of guanidine groups is 2. The van der Waals surface area contributed by atoms with E-state index in [-0.39, 0.29) is 49.2 Å². The minimum atomic E-state index is -3.97. The molecule has 1 aromatic rings. The number of nitrogens with two attached hydrogens (primary N) is 2. The fourth-order valence-corrected chi connectivity index (χ4v) is 5.63. The molecule has 0 bridgehead atoms. The van der Waals surface area contributed by atoms with Gasteiger partial charge >= 0.3 is 6.29 Å². The van der Waals surface area contributed by atoms with Gasteiger partial charge in [-0.1, -0.05) is 6.07 Å². The van der Waals surface area contributed by atoms with Gasteiger partial charge in [0.2, 0.25) is 17.6 Å². The number of halogens is 2. The smallest absolute Gasteiger partial charge is 0.395 e. The maximum atomic E-state index is 13.6. The van der Waals surface area contributed by atoms with Gasteiger partial charge in [0.1, 0.15) is 12.1 Å². The zero-order valence-electron chi connectivity index (χ0n) is 19.4. The number of likely N-dealkylation sites (tertiary alicyclic amines) is 1. The Kier molecular flexibility index (Phi) is 4.84. The number of nitrogens with one attached hydrogen (secondary N) is 2. The molecule has 0 aromatic heterocycles. The molecule has 0 aliphatic carbocycles. The molecule has 6 rings (SSSR count). The lowest BCUT2D eigenvalue weighted by Crippen LogP contribution is -2.78. The van der Waals surface area contributed by atoms with Gasteiger partial charge < -0.3 is 46.7 Å². The molecule has 15 nitrogen and oxygen atoms in total. The lowest BCUT2D eigenvalue weighted by molar-refractivity contribution is -0.286. The van der Waals surface area contributed by atoms with Gasteiger partial charge in [-0.3, -0.25) is 19.3 Å². The summed E-state index contributed by atoms with van der Waals surface area (Å²) in [6.07, 6.45) is -3.90. The Hall–Kier alpha value is -4.25. The molecule has 4 atom stereocenters. The Bertz CT molecular complexity index is 1320. The van der Waals surface area contributed by atoms with Gasteiger partial charge in [-0.15, -0.1) is 8.78 Å². The number of hydrogen-bond acceptors (Lipinski definition) is 13. The summed E-state index contributed by atoms with van der Waals surface area (Å²) in [7, 11) is 0. The first-order valence-corrected chi connectivity index (χ1v) is 11.5. The van der Waals surface area contributed by atoms with Crippen LogP contribution in [0.4, 0.5) is 8.78 Å². The molecule has 202 valence electrons. The van der Waals surface area contributed by atoms with Crippen LogP contribution >= 0.6 is 0 Å². The van der Waals surface area contributed by atoms with E-state index >= 15 is 0 Å². The van der Waals surface area contributed by atoms with Crippen molar-refractivity contribution in [3.05, 3.63) is 23.8 Å². The van der Waals surface area contributed by atoms with Crippen LogP contribution in [-0.4, -0.2) is 98.6 Å². The molecule has 8 N–H and O–H groups in total. The number of fused-ring (bicyclic) bond motifs is 1. The minimum absolute atomic E-state index is 0.0399. The first-order valence-electron chi connectivity index (χ1n) is 11.5. The molecular weight excluding hydrogens is 514 g/mol. The van der Waals surface area contributed by atoms with Gasteiger partial charge in [-0.2, -0.15) is 0 Å². The summed E-state index contributed by atoms with van der Waals surface area (Å²) < 4.78 is 36.0. The van der Waals surface area contributed by atoms with Gasteiger partial charge in [0, 0.05) is 19.4 Å². The third-order valence-electron chi connectivity index (χ3n) is 7.30. The number of para-hydroxylation sites is 1. The third-order valence-corrected chi connectivity index (χ3v) is 7.30. The molecule has 0 unspecified atom stereocenters. The van der Waals surface area contributed by atoms with Crippen molar-refractivity contribution in [1.82, 2.24) is 20.4 Å². The van der Waals surface area contributed by atoms with Crippen molar-refractivity contribution < 1.29 is 42.9 Å². The van der Waals surface area contributed by atoms with Crippen molar-refractivity contribution in [2.45, 2.75) is 48.7 Å². The zero-order chi connectivity index (χ0) is 27.2. The molecule has 5 aliphatic heterocycles. The Morgan fingerprint density at radius 2 is 1.89 bits per heavy atom. The normalized spacial score (nSPS) is 31.9. The number of aliphatic imine (C=N–C) groups is 2. The molecule has 38 heavy (non-hydrogen) atoms. The summed E-state index contributed by atoms with van der Waals surface area (Å²) in [5, 5.41) is 28.1. The van der Waals surface area contributed by atoms with Crippen molar-refractivity contribution in [2.75, 3.05) is 13.1 Å². The molecule has 17 heteroatoms. The van der Waals surface area contributed by atoms with Crippen LogP contribution in [-0.2, 0) is 9.59 Å². The van der Waals surface area contributed by atoms with E-state index < -0.39 is 59.3 Å². The van der Waals surface area contributed by atoms with Crippen molar-refractivity contribution in [2.24, 2.45) is 21.5 Å². The second-order valence-electron chi connectivity index (χ2n) is 9.47. The summed E-state index contributed by atoms with van der Waals surface area (Å²) in [5.41, 5.74) is 9.82. The van der Waals surface area contributed by atoms with E-state index in [0.29, 0.717) is 0 Å². The number of carbonyl (C=O) groups excluding carboxylic acids is 3. The topological polar surface area (TPSA) is 217 Å². The summed E-state index contributed by atoms with van der Waals surface area (Å²) in [4.78, 5) is 48.4. The number of ether oxygens (including phenoxy) is 2. The number of carbonyl (C=O) groups is 3. The second kappa shape index (κ2) is 7.64. The molecule has 0 saturated carbocycles. The van der Waals surface area contributed by atoms with Crippen molar-refractivity contribution in [1.29, 1.82) is 0 Å². The number of imide groups is 1. The van der Waals surface area contributed by atoms with E-state index in [0.717, 1.165) is 4.90 Å². The maximum absolute atomic E-state index is 13.6. The Labute approximate surface area is 212 Å². The van der Waals surface area contributed by atoms with E-state index in [1.54, 1.807) is 0 Å². The lowest BCUT2D eigenvalue weighted by atomic mass is 9.84. The van der Waals surface area contributed by atoms with Gasteiger partial charge in [-0.25, -0.2) is 9.98 Å². The molecule has 0 radical (unpaired) electrons. The molecule has 5 heterocycles. The highest BCUT2D eigenvalue weighted by Crippen LogP contribution is 2.46. The summed E-state index contributed by atoms with van der Waals surface area (Å²) in [6, 6.07) is 0.0499. The largest absolute Gasteiger partial charge is 0.586 e. The van der Waals surface area contributed by atoms with E-state index in [2.05, 4.69) is 30.1 Å². The van der Waals surface area contributed by atoms with Gasteiger partial charge in [0.15, 0.2) is 29.1 Å². The van der Waals surface area contributed by atoms with Gasteiger partial charge in [0.05, 0.1) is 18.2 Å². The lowest BCUT2D eigenvalue weighted by Gasteiger charge is -2.49. The summed E-state index contributed by atoms with van der Waals surface area (Å²) >= 11 is 0. The minimum Gasteiger partial charge on any atom is -0.395 e. The quantitative estimate of drug-likeness (QED) is 0.168. The van der Waals surface area contributed by atoms with E-state index in [1.165, 1.54) is 23.1 Å². The fourth-order valence-electron chi connectivity index (χ4n) is 5.63. The number of amides is 3. The summed E-state index contributed by atoms with van der Waals surface area (Å²) in [5.74, 6) is -5.89. The van der Waals surface area contributed by atoms with Crippen LogP contribution in [0, 0.1) is 0 Å². The van der Waals surface area contributed by atoms with Crippen LogP contribution in [0.3, 0.4) is 0 Å². The standard InChI is InChI=1S/C21H22F2N8O7/c22-21(23)37-10-3-1-2-8(14(10)38-21)16(34)27-11-7-31-18(25)26-9(6-30-12(32)4-5-13(30)33)15-19(31,20(11,35)36)29-17(24)28-15/h1-3,9,11,15,35-36H,4-7H2,(H2,25,26)(H,27,34)(H3,24,28,29)/t9-,11-,15-,19-/m0/s1. The highest BCUT2D eigenvalue weighted by atomic mass is 19.3.